The van der Waals surface area contributed by atoms with Crippen molar-refractivity contribution in [3.8, 4) is 0 Å². The average molecular weight is 676 g/mol. The van der Waals surface area contributed by atoms with Gasteiger partial charge in [0.1, 0.15) is 0 Å². The van der Waals surface area contributed by atoms with E-state index in [4.69, 9.17) is 0 Å². The summed E-state index contributed by atoms with van der Waals surface area (Å²) in [5.41, 5.74) is 5.38. The van der Waals surface area contributed by atoms with Crippen LogP contribution >= 0.6 is 0 Å². The third kappa shape index (κ3) is 12.5. The SMILES string of the molecule is CCC(C)C(CN(CC(C(C)CC)N(Cc1ccccc1)Cc1ccccc1)C(CO)CC(C)C)N(Cc1ccccc1)Cc1ccccc1. The van der Waals surface area contributed by atoms with Gasteiger partial charge in [-0.1, -0.05) is 176 Å². The lowest BCUT2D eigenvalue weighted by molar-refractivity contribution is 0.0113. The van der Waals surface area contributed by atoms with E-state index in [0.29, 0.717) is 29.8 Å². The molecule has 1 N–H and O–H groups in total. The first-order valence-electron chi connectivity index (χ1n) is 19.3. The van der Waals surface area contributed by atoms with Crippen LogP contribution in [-0.2, 0) is 26.2 Å². The topological polar surface area (TPSA) is 30.0 Å². The fraction of sp³-hybridized carbons (Fsp3) is 0.478. The van der Waals surface area contributed by atoms with Crippen LogP contribution in [0.5, 0.6) is 0 Å². The van der Waals surface area contributed by atoms with E-state index in [-0.39, 0.29) is 12.6 Å². The second-order valence-corrected chi connectivity index (χ2v) is 15.1. The maximum Gasteiger partial charge on any atom is 0.0586 e. The minimum atomic E-state index is 0.0960. The summed E-state index contributed by atoms with van der Waals surface area (Å²) in [6, 6.07) is 44.6. The predicted octanol–water partition coefficient (Wildman–Crippen LogP) is 9.93. The molecule has 0 amide bonds. The first kappa shape index (κ1) is 39.5. The Morgan fingerprint density at radius 3 is 1.00 bits per heavy atom. The van der Waals surface area contributed by atoms with E-state index in [1.807, 2.05) is 0 Å². The molecule has 4 heteroatoms. The Bertz CT molecular complexity index is 1250. The Morgan fingerprint density at radius 2 is 0.760 bits per heavy atom. The molecule has 50 heavy (non-hydrogen) atoms. The third-order valence-electron chi connectivity index (χ3n) is 10.8. The summed E-state index contributed by atoms with van der Waals surface area (Å²) in [4.78, 5) is 8.15. The molecule has 0 aliphatic carbocycles. The van der Waals surface area contributed by atoms with Crippen molar-refractivity contribution in [2.24, 2.45) is 17.8 Å². The molecule has 4 aromatic rings. The number of hydrogen-bond acceptors (Lipinski definition) is 4. The van der Waals surface area contributed by atoms with Gasteiger partial charge in [0.25, 0.3) is 0 Å². The van der Waals surface area contributed by atoms with Crippen LogP contribution in [0.2, 0.25) is 0 Å². The van der Waals surface area contributed by atoms with Gasteiger partial charge in [-0.15, -0.1) is 0 Å². The summed E-state index contributed by atoms with van der Waals surface area (Å²) in [5, 5.41) is 11.1. The van der Waals surface area contributed by atoms with Crippen molar-refractivity contribution in [1.29, 1.82) is 0 Å². The first-order valence-corrected chi connectivity index (χ1v) is 19.3. The van der Waals surface area contributed by atoms with E-state index in [2.05, 4.69) is 178 Å². The van der Waals surface area contributed by atoms with E-state index in [0.717, 1.165) is 58.5 Å². The molecule has 0 aliphatic heterocycles. The van der Waals surface area contributed by atoms with Gasteiger partial charge >= 0.3 is 0 Å². The lowest BCUT2D eigenvalue weighted by Crippen LogP contribution is -2.55. The molecule has 0 spiro atoms. The molecule has 270 valence electrons. The predicted molar refractivity (Wildman–Crippen MR) is 213 cm³/mol. The van der Waals surface area contributed by atoms with Crippen LogP contribution < -0.4 is 0 Å². The van der Waals surface area contributed by atoms with Crippen molar-refractivity contribution in [1.82, 2.24) is 14.7 Å². The van der Waals surface area contributed by atoms with E-state index in [1.165, 1.54) is 22.3 Å². The molecule has 0 radical (unpaired) electrons. The second-order valence-electron chi connectivity index (χ2n) is 15.1. The minimum absolute atomic E-state index is 0.0960. The molecule has 0 saturated heterocycles. The van der Waals surface area contributed by atoms with Crippen LogP contribution in [0, 0.1) is 17.8 Å². The number of aliphatic hydroxyl groups is 1. The highest BCUT2D eigenvalue weighted by Crippen LogP contribution is 2.27. The van der Waals surface area contributed by atoms with Crippen molar-refractivity contribution in [2.45, 2.75) is 105 Å². The van der Waals surface area contributed by atoms with Gasteiger partial charge in [-0.25, -0.2) is 0 Å². The van der Waals surface area contributed by atoms with Gasteiger partial charge in [-0.2, -0.15) is 0 Å². The smallest absolute Gasteiger partial charge is 0.0586 e. The molecule has 5 unspecified atom stereocenters. The molecule has 4 rings (SSSR count). The zero-order chi connectivity index (χ0) is 35.7. The monoisotopic (exact) mass is 676 g/mol. The highest BCUT2D eigenvalue weighted by molar-refractivity contribution is 5.19. The quantitative estimate of drug-likeness (QED) is 0.0898. The lowest BCUT2D eigenvalue weighted by Gasteiger charge is -2.45. The van der Waals surface area contributed by atoms with Crippen LogP contribution in [0.3, 0.4) is 0 Å². The van der Waals surface area contributed by atoms with E-state index < -0.39 is 0 Å². The van der Waals surface area contributed by atoms with Crippen molar-refractivity contribution >= 4 is 0 Å². The van der Waals surface area contributed by atoms with Gasteiger partial charge in [0.05, 0.1) is 6.61 Å². The molecule has 4 nitrogen and oxygen atoms in total. The summed E-state index contributed by atoms with van der Waals surface area (Å²) in [6.07, 6.45) is 3.19. The van der Waals surface area contributed by atoms with Crippen LogP contribution in [0.1, 0.15) is 83.1 Å². The fourth-order valence-electron chi connectivity index (χ4n) is 7.44. The highest BCUT2D eigenvalue weighted by atomic mass is 16.3. The fourth-order valence-corrected chi connectivity index (χ4v) is 7.44. The Balaban J connectivity index is 1.75. The average Bonchev–Trinajstić information content (AvgIpc) is 3.14. The molecule has 4 aromatic carbocycles. The number of benzene rings is 4. The summed E-state index contributed by atoms with van der Waals surface area (Å²) in [7, 11) is 0. The van der Waals surface area contributed by atoms with Gasteiger partial charge < -0.3 is 5.11 Å². The molecule has 0 bridgehead atoms. The van der Waals surface area contributed by atoms with Crippen molar-refractivity contribution in [2.75, 3.05) is 19.7 Å². The third-order valence-corrected chi connectivity index (χ3v) is 10.8. The van der Waals surface area contributed by atoms with Crippen LogP contribution in [0.4, 0.5) is 0 Å². The zero-order valence-corrected chi connectivity index (χ0v) is 31.9. The molecule has 0 aromatic heterocycles. The summed E-state index contributed by atoms with van der Waals surface area (Å²) in [5.74, 6) is 1.46. The zero-order valence-electron chi connectivity index (χ0n) is 31.9. The summed E-state index contributed by atoms with van der Waals surface area (Å²) < 4.78 is 0. The van der Waals surface area contributed by atoms with Crippen molar-refractivity contribution < 1.29 is 5.11 Å². The maximum atomic E-state index is 11.1. The number of nitrogens with zero attached hydrogens (tertiary/aromatic N) is 3. The van der Waals surface area contributed by atoms with Crippen LogP contribution in [0.25, 0.3) is 0 Å². The summed E-state index contributed by atoms with van der Waals surface area (Å²) in [6.45, 7) is 19.8. The molecule has 0 saturated carbocycles. The van der Waals surface area contributed by atoms with E-state index in [9.17, 15) is 5.11 Å². The standard InChI is InChI=1S/C46H65N3O/c1-7-38(5)45(48(30-40-21-13-9-14-22-40)31-41-23-15-10-16-24-41)34-47(44(36-50)29-37(3)4)35-46(39(6)8-2)49(32-42-25-17-11-18-26-42)33-43-27-19-12-20-28-43/h9-28,37-39,44-46,50H,7-8,29-36H2,1-6H3. The number of aliphatic hydroxyl groups excluding tert-OH is 1. The molecule has 0 fully saturated rings. The molecular formula is C46H65N3O. The van der Waals surface area contributed by atoms with Gasteiger partial charge in [-0.05, 0) is 46.4 Å². The Hall–Kier alpha value is -3.28. The van der Waals surface area contributed by atoms with Gasteiger partial charge in [-0.3, -0.25) is 14.7 Å². The molecule has 0 heterocycles. The van der Waals surface area contributed by atoms with Gasteiger partial charge in [0.15, 0.2) is 0 Å². The van der Waals surface area contributed by atoms with Crippen LogP contribution in [0.15, 0.2) is 121 Å². The van der Waals surface area contributed by atoms with Gasteiger partial charge in [0, 0.05) is 57.4 Å². The molecule has 0 aliphatic rings. The Labute approximate surface area is 305 Å². The molecule has 5 atom stereocenters. The number of rotatable bonds is 22. The van der Waals surface area contributed by atoms with Gasteiger partial charge in [0.2, 0.25) is 0 Å². The maximum absolute atomic E-state index is 11.1. The van der Waals surface area contributed by atoms with Crippen molar-refractivity contribution in [3.05, 3.63) is 144 Å². The first-order chi connectivity index (χ1) is 24.3. The second kappa shape index (κ2) is 21.2. The summed E-state index contributed by atoms with van der Waals surface area (Å²) >= 11 is 0. The normalized spacial score (nSPS) is 15.0. The molecular weight excluding hydrogens is 611 g/mol. The van der Waals surface area contributed by atoms with E-state index in [1.54, 1.807) is 0 Å². The Kier molecular flexibility index (Phi) is 16.7. The lowest BCUT2D eigenvalue weighted by atomic mass is 9.91. The Morgan fingerprint density at radius 1 is 0.460 bits per heavy atom. The van der Waals surface area contributed by atoms with Crippen LogP contribution in [-0.4, -0.2) is 57.6 Å². The largest absolute Gasteiger partial charge is 0.395 e. The van der Waals surface area contributed by atoms with Crippen molar-refractivity contribution in [3.63, 3.8) is 0 Å². The minimum Gasteiger partial charge on any atom is -0.395 e. The highest BCUT2D eigenvalue weighted by Gasteiger charge is 2.34. The number of hydrogen-bond donors (Lipinski definition) is 1. The van der Waals surface area contributed by atoms with E-state index >= 15 is 0 Å².